The van der Waals surface area contributed by atoms with E-state index in [0.29, 0.717) is 18.3 Å². The SMILES string of the molecule is C=C(C)C(=O)OCCCCOC(C)CC. The summed E-state index contributed by atoms with van der Waals surface area (Å²) >= 11 is 0. The molecule has 0 spiro atoms. The molecule has 1 unspecified atom stereocenters. The van der Waals surface area contributed by atoms with Crippen LogP contribution in [0.5, 0.6) is 0 Å². The van der Waals surface area contributed by atoms with Crippen molar-refractivity contribution in [3.8, 4) is 0 Å². The minimum absolute atomic E-state index is 0.308. The first kappa shape index (κ1) is 14.2. The van der Waals surface area contributed by atoms with Crippen molar-refractivity contribution in [3.63, 3.8) is 0 Å². The zero-order valence-corrected chi connectivity index (χ0v) is 10.0. The zero-order valence-electron chi connectivity index (χ0n) is 10.0. The molecule has 0 rings (SSSR count). The van der Waals surface area contributed by atoms with Crippen LogP contribution in [0.4, 0.5) is 0 Å². The van der Waals surface area contributed by atoms with E-state index in [-0.39, 0.29) is 5.97 Å². The van der Waals surface area contributed by atoms with Crippen LogP contribution in [-0.2, 0) is 14.3 Å². The fraction of sp³-hybridized carbons (Fsp3) is 0.750. The molecule has 0 radical (unpaired) electrons. The molecule has 0 aromatic rings. The molecule has 1 atom stereocenters. The molecule has 0 aliphatic heterocycles. The van der Waals surface area contributed by atoms with Gasteiger partial charge in [0.05, 0.1) is 12.7 Å². The van der Waals surface area contributed by atoms with Gasteiger partial charge in [0.1, 0.15) is 0 Å². The summed E-state index contributed by atoms with van der Waals surface area (Å²) in [6.45, 7) is 10.5. The van der Waals surface area contributed by atoms with Gasteiger partial charge in [0.15, 0.2) is 0 Å². The third-order valence-electron chi connectivity index (χ3n) is 2.10. The van der Waals surface area contributed by atoms with Crippen LogP contribution in [0.15, 0.2) is 12.2 Å². The van der Waals surface area contributed by atoms with E-state index in [1.165, 1.54) is 0 Å². The number of unbranched alkanes of at least 4 members (excludes halogenated alkanes) is 1. The van der Waals surface area contributed by atoms with Gasteiger partial charge in [-0.2, -0.15) is 0 Å². The lowest BCUT2D eigenvalue weighted by atomic mass is 10.3. The molecule has 0 fully saturated rings. The number of carbonyl (C=O) groups is 1. The molecule has 0 bridgehead atoms. The maximum absolute atomic E-state index is 11.0. The van der Waals surface area contributed by atoms with E-state index >= 15 is 0 Å². The minimum Gasteiger partial charge on any atom is -0.462 e. The molecular weight excluding hydrogens is 192 g/mol. The number of hydrogen-bond acceptors (Lipinski definition) is 3. The molecule has 15 heavy (non-hydrogen) atoms. The summed E-state index contributed by atoms with van der Waals surface area (Å²) in [7, 11) is 0. The maximum atomic E-state index is 11.0. The number of hydrogen-bond donors (Lipinski definition) is 0. The predicted molar refractivity (Wildman–Crippen MR) is 60.7 cm³/mol. The Morgan fingerprint density at radius 1 is 1.33 bits per heavy atom. The molecule has 3 heteroatoms. The van der Waals surface area contributed by atoms with Crippen molar-refractivity contribution in [2.75, 3.05) is 13.2 Å². The summed E-state index contributed by atoms with van der Waals surface area (Å²) in [5.41, 5.74) is 0.450. The van der Waals surface area contributed by atoms with Crippen LogP contribution in [0, 0.1) is 0 Å². The first-order valence-corrected chi connectivity index (χ1v) is 5.52. The Bertz CT molecular complexity index is 199. The van der Waals surface area contributed by atoms with Gasteiger partial charge < -0.3 is 9.47 Å². The molecule has 88 valence electrons. The van der Waals surface area contributed by atoms with Crippen molar-refractivity contribution in [1.82, 2.24) is 0 Å². The van der Waals surface area contributed by atoms with Crippen LogP contribution in [0.1, 0.15) is 40.0 Å². The Hall–Kier alpha value is -0.830. The summed E-state index contributed by atoms with van der Waals surface area (Å²) in [5.74, 6) is -0.308. The van der Waals surface area contributed by atoms with Crippen LogP contribution in [0.2, 0.25) is 0 Å². The monoisotopic (exact) mass is 214 g/mol. The molecular formula is C12H22O3. The first-order chi connectivity index (χ1) is 7.07. The summed E-state index contributed by atoms with van der Waals surface area (Å²) in [6.07, 6.45) is 3.12. The smallest absolute Gasteiger partial charge is 0.333 e. The molecule has 0 saturated carbocycles. The number of carbonyl (C=O) groups excluding carboxylic acids is 1. The van der Waals surface area contributed by atoms with Gasteiger partial charge >= 0.3 is 5.97 Å². The van der Waals surface area contributed by atoms with Crippen molar-refractivity contribution >= 4 is 5.97 Å². The van der Waals surface area contributed by atoms with E-state index in [1.807, 2.05) is 0 Å². The van der Waals surface area contributed by atoms with Crippen molar-refractivity contribution in [2.45, 2.75) is 46.1 Å². The molecule has 0 aliphatic carbocycles. The molecule has 0 aromatic heterocycles. The van der Waals surface area contributed by atoms with E-state index in [1.54, 1.807) is 6.92 Å². The van der Waals surface area contributed by atoms with Crippen molar-refractivity contribution in [2.24, 2.45) is 0 Å². The van der Waals surface area contributed by atoms with Gasteiger partial charge in [-0.05, 0) is 33.1 Å². The zero-order chi connectivity index (χ0) is 11.7. The van der Waals surface area contributed by atoms with Crippen molar-refractivity contribution < 1.29 is 14.3 Å². The second-order valence-electron chi connectivity index (χ2n) is 3.71. The Labute approximate surface area is 92.5 Å². The average molecular weight is 214 g/mol. The number of esters is 1. The lowest BCUT2D eigenvalue weighted by Crippen LogP contribution is -2.09. The van der Waals surface area contributed by atoms with E-state index in [4.69, 9.17) is 9.47 Å². The molecule has 0 saturated heterocycles. The van der Waals surface area contributed by atoms with Gasteiger partial charge in [-0.3, -0.25) is 0 Å². The highest BCUT2D eigenvalue weighted by Gasteiger charge is 2.02. The molecule has 0 amide bonds. The first-order valence-electron chi connectivity index (χ1n) is 5.52. The molecule has 0 heterocycles. The van der Waals surface area contributed by atoms with Gasteiger partial charge in [-0.1, -0.05) is 13.5 Å². The third-order valence-corrected chi connectivity index (χ3v) is 2.10. The minimum atomic E-state index is -0.308. The molecule has 0 aromatic carbocycles. The Morgan fingerprint density at radius 2 is 1.93 bits per heavy atom. The van der Waals surface area contributed by atoms with E-state index in [0.717, 1.165) is 25.9 Å². The highest BCUT2D eigenvalue weighted by atomic mass is 16.5. The van der Waals surface area contributed by atoms with Gasteiger partial charge in [-0.15, -0.1) is 0 Å². The number of ether oxygens (including phenoxy) is 2. The van der Waals surface area contributed by atoms with Crippen molar-refractivity contribution in [3.05, 3.63) is 12.2 Å². The Balaban J connectivity index is 3.25. The predicted octanol–water partition coefficient (Wildman–Crippen LogP) is 2.70. The van der Waals surface area contributed by atoms with Crippen LogP contribution in [0.3, 0.4) is 0 Å². The second-order valence-corrected chi connectivity index (χ2v) is 3.71. The summed E-state index contributed by atoms with van der Waals surface area (Å²) in [4.78, 5) is 11.0. The second kappa shape index (κ2) is 8.48. The largest absolute Gasteiger partial charge is 0.462 e. The fourth-order valence-corrected chi connectivity index (χ4v) is 0.895. The maximum Gasteiger partial charge on any atom is 0.333 e. The summed E-state index contributed by atoms with van der Waals surface area (Å²) in [6, 6.07) is 0. The third kappa shape index (κ3) is 8.18. The number of rotatable bonds is 8. The summed E-state index contributed by atoms with van der Waals surface area (Å²) in [5, 5.41) is 0. The molecule has 0 N–H and O–H groups in total. The quantitative estimate of drug-likeness (QED) is 0.354. The Kier molecular flexibility index (Phi) is 8.01. The van der Waals surface area contributed by atoms with Crippen LogP contribution >= 0.6 is 0 Å². The highest BCUT2D eigenvalue weighted by molar-refractivity contribution is 5.86. The van der Waals surface area contributed by atoms with Gasteiger partial charge in [0, 0.05) is 12.2 Å². The normalized spacial score (nSPS) is 12.2. The lowest BCUT2D eigenvalue weighted by molar-refractivity contribution is -0.139. The average Bonchev–Trinajstić information content (AvgIpc) is 2.22. The van der Waals surface area contributed by atoms with E-state index in [2.05, 4.69) is 20.4 Å². The van der Waals surface area contributed by atoms with Gasteiger partial charge in [-0.25, -0.2) is 4.79 Å². The van der Waals surface area contributed by atoms with E-state index < -0.39 is 0 Å². The molecule has 0 aliphatic rings. The standard InChI is InChI=1S/C12H22O3/c1-5-11(4)14-8-6-7-9-15-12(13)10(2)3/h11H,2,5-9H2,1,3-4H3. The highest BCUT2D eigenvalue weighted by Crippen LogP contribution is 2.00. The Morgan fingerprint density at radius 3 is 2.47 bits per heavy atom. The van der Waals surface area contributed by atoms with E-state index in [9.17, 15) is 4.79 Å². The lowest BCUT2D eigenvalue weighted by Gasteiger charge is -2.10. The fourth-order valence-electron chi connectivity index (χ4n) is 0.895. The van der Waals surface area contributed by atoms with Gasteiger partial charge in [0.2, 0.25) is 0 Å². The van der Waals surface area contributed by atoms with Gasteiger partial charge in [0.25, 0.3) is 0 Å². The van der Waals surface area contributed by atoms with Crippen molar-refractivity contribution in [1.29, 1.82) is 0 Å². The van der Waals surface area contributed by atoms with Crippen LogP contribution < -0.4 is 0 Å². The topological polar surface area (TPSA) is 35.5 Å². The molecule has 3 nitrogen and oxygen atoms in total. The summed E-state index contributed by atoms with van der Waals surface area (Å²) < 4.78 is 10.4. The van der Waals surface area contributed by atoms with Crippen LogP contribution in [0.25, 0.3) is 0 Å². The van der Waals surface area contributed by atoms with Crippen LogP contribution in [-0.4, -0.2) is 25.3 Å².